The lowest BCUT2D eigenvalue weighted by atomic mass is 10.2. The lowest BCUT2D eigenvalue weighted by Crippen LogP contribution is -2.39. The van der Waals surface area contributed by atoms with Crippen LogP contribution in [-0.2, 0) is 28.0 Å². The molecular weight excluding hydrogens is 554 g/mol. The second-order valence-electron chi connectivity index (χ2n) is 9.37. The summed E-state index contributed by atoms with van der Waals surface area (Å²) in [5.74, 6) is 1.06. The van der Waals surface area contributed by atoms with Crippen LogP contribution in [0, 0.1) is 6.92 Å². The molecule has 4 aromatic carbocycles. The van der Waals surface area contributed by atoms with Gasteiger partial charge in [0.15, 0.2) is 11.5 Å². The third-order valence-corrected chi connectivity index (χ3v) is 8.14. The van der Waals surface area contributed by atoms with Gasteiger partial charge in [0.05, 0.1) is 31.9 Å². The second-order valence-corrected chi connectivity index (χ2v) is 11.3. The van der Waals surface area contributed by atoms with Crippen LogP contribution in [0.15, 0.2) is 107 Å². The Balaban J connectivity index is 1.45. The molecular formula is C32H33N3O6S. The summed E-state index contributed by atoms with van der Waals surface area (Å²) in [6.07, 6.45) is 1.45. The molecule has 0 aliphatic rings. The summed E-state index contributed by atoms with van der Waals surface area (Å²) in [5.41, 5.74) is 5.52. The lowest BCUT2D eigenvalue weighted by Gasteiger charge is -2.22. The molecule has 9 nitrogen and oxygen atoms in total. The Morgan fingerprint density at radius 2 is 1.48 bits per heavy atom. The molecule has 0 aliphatic heterocycles. The molecule has 42 heavy (non-hydrogen) atoms. The van der Waals surface area contributed by atoms with E-state index in [0.717, 1.165) is 15.4 Å². The maximum atomic E-state index is 13.6. The number of hydrogen-bond acceptors (Lipinski definition) is 7. The zero-order valence-electron chi connectivity index (χ0n) is 23.7. The van der Waals surface area contributed by atoms with E-state index in [4.69, 9.17) is 14.2 Å². The number of nitrogens with zero attached hydrogens (tertiary/aromatic N) is 2. The molecule has 0 radical (unpaired) electrons. The van der Waals surface area contributed by atoms with Crippen molar-refractivity contribution in [2.75, 3.05) is 20.8 Å². The van der Waals surface area contributed by atoms with Gasteiger partial charge in [-0.1, -0.05) is 60.7 Å². The predicted octanol–water partition coefficient (Wildman–Crippen LogP) is 4.93. The Bertz CT molecular complexity index is 1630. The molecule has 0 saturated heterocycles. The smallest absolute Gasteiger partial charge is 0.255 e. The molecule has 0 spiro atoms. The van der Waals surface area contributed by atoms with Crippen LogP contribution in [0.5, 0.6) is 17.2 Å². The van der Waals surface area contributed by atoms with Crippen molar-refractivity contribution < 1.29 is 27.4 Å². The first-order valence-corrected chi connectivity index (χ1v) is 14.6. The zero-order valence-corrected chi connectivity index (χ0v) is 24.5. The van der Waals surface area contributed by atoms with Crippen LogP contribution in [0.4, 0.5) is 0 Å². The van der Waals surface area contributed by atoms with Gasteiger partial charge in [-0.15, -0.1) is 0 Å². The fourth-order valence-corrected chi connectivity index (χ4v) is 5.64. The Morgan fingerprint density at radius 3 is 2.12 bits per heavy atom. The molecule has 0 heterocycles. The monoisotopic (exact) mass is 587 g/mol. The first kappa shape index (κ1) is 30.3. The summed E-state index contributed by atoms with van der Waals surface area (Å²) in [5, 5.41) is 4.03. The van der Waals surface area contributed by atoms with Gasteiger partial charge < -0.3 is 14.2 Å². The minimum Gasteiger partial charge on any atom is -0.496 e. The number of sulfonamides is 1. The first-order valence-electron chi connectivity index (χ1n) is 13.2. The van der Waals surface area contributed by atoms with E-state index in [-0.39, 0.29) is 11.4 Å². The topological polar surface area (TPSA) is 107 Å². The molecule has 218 valence electrons. The summed E-state index contributed by atoms with van der Waals surface area (Å²) in [6, 6.07) is 28.7. The SMILES string of the molecule is COc1ccc(S(=O)(=O)N(CC(=O)N/N=C/c2ccc(OCc3ccccc3)c(OC)c2)Cc2ccccc2)cc1C. The number of benzene rings is 4. The Morgan fingerprint density at radius 1 is 0.833 bits per heavy atom. The highest BCUT2D eigenvalue weighted by molar-refractivity contribution is 7.89. The minimum absolute atomic E-state index is 0.00697. The second kappa shape index (κ2) is 14.3. The van der Waals surface area contributed by atoms with Gasteiger partial charge in [-0.2, -0.15) is 9.41 Å². The maximum absolute atomic E-state index is 13.6. The van der Waals surface area contributed by atoms with Crippen molar-refractivity contribution in [3.63, 3.8) is 0 Å². The van der Waals surface area contributed by atoms with E-state index in [0.29, 0.717) is 35.0 Å². The van der Waals surface area contributed by atoms with Crippen molar-refractivity contribution >= 4 is 22.1 Å². The van der Waals surface area contributed by atoms with Crippen molar-refractivity contribution in [3.8, 4) is 17.2 Å². The average molecular weight is 588 g/mol. The fraction of sp³-hybridized carbons (Fsp3) is 0.188. The molecule has 1 amide bonds. The summed E-state index contributed by atoms with van der Waals surface area (Å²) >= 11 is 0. The third kappa shape index (κ3) is 7.96. The largest absolute Gasteiger partial charge is 0.496 e. The van der Waals surface area contributed by atoms with Gasteiger partial charge in [0.25, 0.3) is 5.91 Å². The first-order chi connectivity index (χ1) is 20.3. The van der Waals surface area contributed by atoms with Gasteiger partial charge in [-0.3, -0.25) is 4.79 Å². The van der Waals surface area contributed by atoms with Gasteiger partial charge in [0.1, 0.15) is 12.4 Å². The van der Waals surface area contributed by atoms with Crippen molar-refractivity contribution in [2.45, 2.75) is 25.0 Å². The van der Waals surface area contributed by atoms with Crippen LogP contribution in [-0.4, -0.2) is 45.6 Å². The van der Waals surface area contributed by atoms with Crippen molar-refractivity contribution in [1.29, 1.82) is 0 Å². The van der Waals surface area contributed by atoms with E-state index in [1.807, 2.05) is 48.5 Å². The van der Waals surface area contributed by atoms with E-state index < -0.39 is 22.5 Å². The van der Waals surface area contributed by atoms with Crippen LogP contribution in [0.3, 0.4) is 0 Å². The van der Waals surface area contributed by atoms with E-state index in [1.165, 1.54) is 25.5 Å². The summed E-state index contributed by atoms with van der Waals surface area (Å²) in [4.78, 5) is 12.9. The number of hydrazone groups is 1. The van der Waals surface area contributed by atoms with Gasteiger partial charge in [0, 0.05) is 6.54 Å². The van der Waals surface area contributed by atoms with Gasteiger partial charge >= 0.3 is 0 Å². The number of carbonyl (C=O) groups is 1. The average Bonchev–Trinajstić information content (AvgIpc) is 3.01. The molecule has 0 atom stereocenters. The molecule has 0 aliphatic carbocycles. The number of nitrogens with one attached hydrogen (secondary N) is 1. The van der Waals surface area contributed by atoms with Crippen LogP contribution >= 0.6 is 0 Å². The highest BCUT2D eigenvalue weighted by Gasteiger charge is 2.27. The van der Waals surface area contributed by atoms with Crippen LogP contribution in [0.1, 0.15) is 22.3 Å². The molecule has 0 bridgehead atoms. The van der Waals surface area contributed by atoms with E-state index in [1.54, 1.807) is 50.4 Å². The molecule has 0 unspecified atom stereocenters. The number of methoxy groups -OCH3 is 2. The Kier molecular flexibility index (Phi) is 10.3. The zero-order chi connectivity index (χ0) is 30.0. The standard InChI is InChI=1S/C32H33N3O6S/c1-24-18-28(15-17-29(24)39-2)42(37,38)35(21-25-10-6-4-7-11-25)22-32(36)34-33-20-27-14-16-30(31(19-27)40-3)41-23-26-12-8-5-9-13-26/h4-20H,21-23H2,1-3H3,(H,34,36)/b33-20+. The highest BCUT2D eigenvalue weighted by atomic mass is 32.2. The molecule has 0 saturated carbocycles. The van der Waals surface area contributed by atoms with E-state index >= 15 is 0 Å². The molecule has 4 aromatic rings. The molecule has 0 fully saturated rings. The summed E-state index contributed by atoms with van der Waals surface area (Å²) in [7, 11) is -0.961. The number of amides is 1. The van der Waals surface area contributed by atoms with Gasteiger partial charge in [0.2, 0.25) is 10.0 Å². The van der Waals surface area contributed by atoms with Crippen LogP contribution in [0.2, 0.25) is 0 Å². The van der Waals surface area contributed by atoms with Crippen LogP contribution in [0.25, 0.3) is 0 Å². The van der Waals surface area contributed by atoms with E-state index in [9.17, 15) is 13.2 Å². The van der Waals surface area contributed by atoms with Crippen LogP contribution < -0.4 is 19.6 Å². The molecule has 10 heteroatoms. The number of aryl methyl sites for hydroxylation is 1. The predicted molar refractivity (Wildman–Crippen MR) is 161 cm³/mol. The summed E-state index contributed by atoms with van der Waals surface area (Å²) in [6.45, 7) is 1.72. The highest BCUT2D eigenvalue weighted by Crippen LogP contribution is 2.28. The number of carbonyl (C=O) groups excluding carboxylic acids is 1. The number of hydrogen-bond donors (Lipinski definition) is 1. The Hall–Kier alpha value is -4.67. The quantitative estimate of drug-likeness (QED) is 0.176. The number of ether oxygens (including phenoxy) is 3. The number of rotatable bonds is 13. The van der Waals surface area contributed by atoms with Crippen molar-refractivity contribution in [2.24, 2.45) is 5.10 Å². The third-order valence-electron chi connectivity index (χ3n) is 6.35. The molecule has 0 aromatic heterocycles. The fourth-order valence-electron chi connectivity index (χ4n) is 4.17. The van der Waals surface area contributed by atoms with Gasteiger partial charge in [-0.25, -0.2) is 13.8 Å². The summed E-state index contributed by atoms with van der Waals surface area (Å²) < 4.78 is 44.9. The molecule has 1 N–H and O–H groups in total. The van der Waals surface area contributed by atoms with Gasteiger partial charge in [-0.05, 0) is 65.6 Å². The van der Waals surface area contributed by atoms with E-state index in [2.05, 4.69) is 10.5 Å². The van der Waals surface area contributed by atoms with Crippen molar-refractivity contribution in [1.82, 2.24) is 9.73 Å². The lowest BCUT2D eigenvalue weighted by molar-refractivity contribution is -0.121. The normalized spacial score (nSPS) is 11.4. The Labute approximate surface area is 246 Å². The van der Waals surface area contributed by atoms with Crippen molar-refractivity contribution in [3.05, 3.63) is 119 Å². The minimum atomic E-state index is -4.02. The maximum Gasteiger partial charge on any atom is 0.255 e. The molecule has 4 rings (SSSR count).